The summed E-state index contributed by atoms with van der Waals surface area (Å²) in [6, 6.07) is 7.78. The molecule has 1 atom stereocenters. The van der Waals surface area contributed by atoms with Crippen molar-refractivity contribution in [3.63, 3.8) is 0 Å². The molecule has 0 radical (unpaired) electrons. The average molecular weight is 355 g/mol. The second-order valence-corrected chi connectivity index (χ2v) is 5.87. The third-order valence-electron chi connectivity index (χ3n) is 4.49. The highest BCUT2D eigenvalue weighted by Gasteiger charge is 2.46. The number of rotatable bonds is 2. The summed E-state index contributed by atoms with van der Waals surface area (Å²) in [7, 11) is 1.45. The number of hydrogen-bond acceptors (Lipinski definition) is 6. The maximum Gasteiger partial charge on any atom is 0.283 e. The molecule has 8 nitrogen and oxygen atoms in total. The van der Waals surface area contributed by atoms with Crippen LogP contribution in [0.25, 0.3) is 10.4 Å². The van der Waals surface area contributed by atoms with Crippen molar-refractivity contribution in [1.82, 2.24) is 0 Å². The second-order valence-electron chi connectivity index (χ2n) is 5.87. The number of benzene rings is 2. The zero-order valence-corrected chi connectivity index (χ0v) is 13.8. The SMILES string of the molecule is COc1cc(F)c2c(c1)C1(CCOC(N)=N1)c1cc(N=[N+]=[N-])ccc1O2. The van der Waals surface area contributed by atoms with Crippen molar-refractivity contribution in [2.45, 2.75) is 12.0 Å². The van der Waals surface area contributed by atoms with Gasteiger partial charge in [0, 0.05) is 34.2 Å². The van der Waals surface area contributed by atoms with Crippen molar-refractivity contribution in [1.29, 1.82) is 0 Å². The van der Waals surface area contributed by atoms with Crippen LogP contribution in [0.3, 0.4) is 0 Å². The van der Waals surface area contributed by atoms with Gasteiger partial charge in [-0.25, -0.2) is 9.38 Å². The molecule has 2 N–H and O–H groups in total. The number of azide groups is 1. The van der Waals surface area contributed by atoms with E-state index >= 15 is 0 Å². The molecule has 2 aliphatic heterocycles. The van der Waals surface area contributed by atoms with Gasteiger partial charge in [-0.3, -0.25) is 0 Å². The highest BCUT2D eigenvalue weighted by molar-refractivity contribution is 5.75. The number of ether oxygens (including phenoxy) is 3. The molecule has 132 valence electrons. The van der Waals surface area contributed by atoms with Gasteiger partial charge in [0.2, 0.25) is 0 Å². The molecule has 0 aliphatic carbocycles. The van der Waals surface area contributed by atoms with E-state index in [1.165, 1.54) is 13.2 Å². The van der Waals surface area contributed by atoms with E-state index in [-0.39, 0.29) is 11.8 Å². The van der Waals surface area contributed by atoms with E-state index in [9.17, 15) is 4.39 Å². The Morgan fingerprint density at radius 3 is 2.92 bits per heavy atom. The van der Waals surface area contributed by atoms with Crippen molar-refractivity contribution in [2.75, 3.05) is 13.7 Å². The van der Waals surface area contributed by atoms with Gasteiger partial charge in [0.15, 0.2) is 11.6 Å². The molecule has 0 bridgehead atoms. The first-order valence-electron chi connectivity index (χ1n) is 7.81. The Bertz CT molecular complexity index is 987. The summed E-state index contributed by atoms with van der Waals surface area (Å²) in [4.78, 5) is 7.32. The van der Waals surface area contributed by atoms with Crippen molar-refractivity contribution < 1.29 is 18.6 Å². The lowest BCUT2D eigenvalue weighted by atomic mass is 9.77. The maximum atomic E-state index is 14.7. The molecule has 1 unspecified atom stereocenters. The van der Waals surface area contributed by atoms with Gasteiger partial charge in [-0.2, -0.15) is 0 Å². The molecule has 0 aromatic heterocycles. The van der Waals surface area contributed by atoms with E-state index in [1.54, 1.807) is 24.3 Å². The van der Waals surface area contributed by atoms with E-state index in [2.05, 4.69) is 15.0 Å². The van der Waals surface area contributed by atoms with Gasteiger partial charge in [0.25, 0.3) is 6.02 Å². The lowest BCUT2D eigenvalue weighted by molar-refractivity contribution is 0.217. The molecule has 1 spiro atoms. The molecule has 0 saturated heterocycles. The largest absolute Gasteiger partial charge is 0.497 e. The van der Waals surface area contributed by atoms with E-state index < -0.39 is 11.4 Å². The van der Waals surface area contributed by atoms with Crippen molar-refractivity contribution >= 4 is 11.7 Å². The Labute approximate surface area is 147 Å². The minimum atomic E-state index is -1.03. The highest BCUT2D eigenvalue weighted by atomic mass is 19.1. The number of fused-ring (bicyclic) bond motifs is 4. The van der Waals surface area contributed by atoms with Crippen LogP contribution in [0.15, 0.2) is 40.4 Å². The normalized spacial score (nSPS) is 20.0. The van der Waals surface area contributed by atoms with Gasteiger partial charge in [0.05, 0.1) is 13.7 Å². The monoisotopic (exact) mass is 355 g/mol. The van der Waals surface area contributed by atoms with Crippen LogP contribution in [0.1, 0.15) is 17.5 Å². The van der Waals surface area contributed by atoms with Crippen LogP contribution in [-0.4, -0.2) is 19.7 Å². The Balaban J connectivity index is 2.05. The van der Waals surface area contributed by atoms with Gasteiger partial charge in [0.1, 0.15) is 17.0 Å². The molecule has 0 saturated carbocycles. The molecule has 2 heterocycles. The van der Waals surface area contributed by atoms with Gasteiger partial charge in [-0.05, 0) is 29.8 Å². The predicted octanol–water partition coefficient (Wildman–Crippen LogP) is 3.86. The van der Waals surface area contributed by atoms with Crippen LogP contribution in [0.4, 0.5) is 10.1 Å². The Morgan fingerprint density at radius 1 is 1.35 bits per heavy atom. The third kappa shape index (κ3) is 2.29. The first-order chi connectivity index (χ1) is 12.6. The van der Waals surface area contributed by atoms with E-state index in [0.29, 0.717) is 41.3 Å². The van der Waals surface area contributed by atoms with Crippen LogP contribution >= 0.6 is 0 Å². The maximum absolute atomic E-state index is 14.7. The van der Waals surface area contributed by atoms with Crippen LogP contribution in [0.2, 0.25) is 0 Å². The van der Waals surface area contributed by atoms with E-state index in [4.69, 9.17) is 25.5 Å². The Kier molecular flexibility index (Phi) is 3.59. The topological polar surface area (TPSA) is 115 Å². The molecule has 2 aromatic rings. The molecule has 4 rings (SSSR count). The standard InChI is InChI=1S/C17H14FN5O3/c1-24-10-7-12-15(13(18)8-10)26-14-3-2-9(22-23-20)6-11(14)17(12)4-5-25-16(19)21-17/h2-3,6-8H,4-5H2,1H3,(H2,19,21). The summed E-state index contributed by atoms with van der Waals surface area (Å²) in [6.45, 7) is 0.290. The van der Waals surface area contributed by atoms with Crippen LogP contribution in [-0.2, 0) is 10.3 Å². The van der Waals surface area contributed by atoms with Crippen LogP contribution < -0.4 is 15.2 Å². The molecule has 0 fully saturated rings. The molecule has 0 amide bonds. The number of aliphatic imine (C=N–C) groups is 1. The minimum Gasteiger partial charge on any atom is -0.497 e. The zero-order chi connectivity index (χ0) is 18.3. The number of hydrogen-bond donors (Lipinski definition) is 1. The quantitative estimate of drug-likeness (QED) is 0.500. The lowest BCUT2D eigenvalue weighted by Gasteiger charge is -2.39. The van der Waals surface area contributed by atoms with Gasteiger partial charge < -0.3 is 19.9 Å². The number of nitrogens with zero attached hydrogens (tertiary/aromatic N) is 4. The second kappa shape index (κ2) is 5.82. The highest BCUT2D eigenvalue weighted by Crippen LogP contribution is 2.54. The van der Waals surface area contributed by atoms with Gasteiger partial charge >= 0.3 is 0 Å². The molecular weight excluding hydrogens is 341 g/mol. The molecule has 2 aliphatic rings. The summed E-state index contributed by atoms with van der Waals surface area (Å²) in [5, 5.41) is 3.63. The zero-order valence-electron chi connectivity index (χ0n) is 13.8. The first-order valence-corrected chi connectivity index (χ1v) is 7.81. The van der Waals surface area contributed by atoms with Gasteiger partial charge in [-0.15, -0.1) is 0 Å². The van der Waals surface area contributed by atoms with E-state index in [1.807, 2.05) is 0 Å². The average Bonchev–Trinajstić information content (AvgIpc) is 2.63. The number of halogens is 1. The Morgan fingerprint density at radius 2 is 2.19 bits per heavy atom. The molecule has 2 aromatic carbocycles. The number of methoxy groups -OCH3 is 1. The fourth-order valence-corrected chi connectivity index (χ4v) is 3.37. The predicted molar refractivity (Wildman–Crippen MR) is 91.2 cm³/mol. The van der Waals surface area contributed by atoms with Crippen LogP contribution in [0.5, 0.6) is 17.2 Å². The minimum absolute atomic E-state index is 0.00698. The summed E-state index contributed by atoms with van der Waals surface area (Å²) in [5.41, 5.74) is 15.0. The molecule has 9 heteroatoms. The summed E-state index contributed by atoms with van der Waals surface area (Å²) < 4.78 is 30.9. The summed E-state index contributed by atoms with van der Waals surface area (Å²) >= 11 is 0. The number of nitrogens with two attached hydrogens (primary N) is 1. The smallest absolute Gasteiger partial charge is 0.283 e. The lowest BCUT2D eigenvalue weighted by Crippen LogP contribution is -2.38. The van der Waals surface area contributed by atoms with Gasteiger partial charge in [-0.1, -0.05) is 5.11 Å². The van der Waals surface area contributed by atoms with Crippen molar-refractivity contribution in [3.8, 4) is 17.2 Å². The first kappa shape index (κ1) is 16.0. The Hall–Kier alpha value is -3.45. The third-order valence-corrected chi connectivity index (χ3v) is 4.49. The molecule has 26 heavy (non-hydrogen) atoms. The van der Waals surface area contributed by atoms with E-state index in [0.717, 1.165) is 0 Å². The summed E-state index contributed by atoms with van der Waals surface area (Å²) in [6.07, 6.45) is 0.406. The summed E-state index contributed by atoms with van der Waals surface area (Å²) in [5.74, 6) is 0.244. The van der Waals surface area contributed by atoms with Crippen molar-refractivity contribution in [3.05, 3.63) is 57.7 Å². The number of amidine groups is 1. The van der Waals surface area contributed by atoms with Crippen molar-refractivity contribution in [2.24, 2.45) is 15.8 Å². The van der Waals surface area contributed by atoms with Crippen LogP contribution in [0, 0.1) is 5.82 Å². The molecular formula is C17H14FN5O3. The fraction of sp³-hybridized carbons (Fsp3) is 0.235. The fourth-order valence-electron chi connectivity index (χ4n) is 3.37.